The summed E-state index contributed by atoms with van der Waals surface area (Å²) in [7, 11) is -3.92. The molecule has 0 amide bonds. The Morgan fingerprint density at radius 3 is 2.31 bits per heavy atom. The summed E-state index contributed by atoms with van der Waals surface area (Å²) in [5.41, 5.74) is 0.883. The third-order valence-corrected chi connectivity index (χ3v) is 7.47. The summed E-state index contributed by atoms with van der Waals surface area (Å²) < 4.78 is 38.7. The SMILES string of the molecule is Cc1c(Cl)ccc(S(=O)(=O)N(CCOCC(=O)OC(C)(C)C)CCc2ccccc2)c1Cl. The molecule has 0 bridgehead atoms. The van der Waals surface area contributed by atoms with E-state index in [0.717, 1.165) is 5.56 Å². The van der Waals surface area contributed by atoms with Gasteiger partial charge in [0, 0.05) is 18.1 Å². The molecule has 0 heterocycles. The average Bonchev–Trinajstić information content (AvgIpc) is 2.70. The van der Waals surface area contributed by atoms with Gasteiger partial charge in [0.15, 0.2) is 0 Å². The molecule has 2 aromatic carbocycles. The summed E-state index contributed by atoms with van der Waals surface area (Å²) in [5.74, 6) is -0.507. The van der Waals surface area contributed by atoms with Crippen molar-refractivity contribution in [2.75, 3.05) is 26.3 Å². The predicted molar refractivity (Wildman–Crippen MR) is 127 cm³/mol. The molecule has 2 rings (SSSR count). The smallest absolute Gasteiger partial charge is 0.332 e. The first-order valence-electron chi connectivity index (χ1n) is 10.2. The van der Waals surface area contributed by atoms with Crippen LogP contribution in [0.1, 0.15) is 31.9 Å². The minimum Gasteiger partial charge on any atom is -0.458 e. The summed E-state index contributed by atoms with van der Waals surface area (Å²) in [6.45, 7) is 7.00. The number of hydrogen-bond donors (Lipinski definition) is 0. The Bertz CT molecular complexity index is 1020. The van der Waals surface area contributed by atoms with E-state index >= 15 is 0 Å². The highest BCUT2D eigenvalue weighted by molar-refractivity contribution is 7.89. The van der Waals surface area contributed by atoms with Crippen LogP contribution in [0.4, 0.5) is 0 Å². The van der Waals surface area contributed by atoms with Crippen molar-refractivity contribution in [1.29, 1.82) is 0 Å². The van der Waals surface area contributed by atoms with Gasteiger partial charge in [0.1, 0.15) is 17.1 Å². The molecule has 0 aromatic heterocycles. The van der Waals surface area contributed by atoms with Crippen LogP contribution >= 0.6 is 23.2 Å². The van der Waals surface area contributed by atoms with Gasteiger partial charge < -0.3 is 9.47 Å². The van der Waals surface area contributed by atoms with Gasteiger partial charge in [-0.15, -0.1) is 0 Å². The summed E-state index contributed by atoms with van der Waals surface area (Å²) in [6.07, 6.45) is 0.510. The fourth-order valence-electron chi connectivity index (χ4n) is 2.92. The van der Waals surface area contributed by atoms with Crippen molar-refractivity contribution in [1.82, 2.24) is 4.31 Å². The molecule has 176 valence electrons. The number of carbonyl (C=O) groups excluding carboxylic acids is 1. The summed E-state index contributed by atoms with van der Waals surface area (Å²) in [4.78, 5) is 11.8. The molecule has 6 nitrogen and oxygen atoms in total. The zero-order chi connectivity index (χ0) is 23.9. The Hall–Kier alpha value is -1.64. The third kappa shape index (κ3) is 7.74. The fourth-order valence-corrected chi connectivity index (χ4v) is 5.13. The van der Waals surface area contributed by atoms with Gasteiger partial charge in [0.2, 0.25) is 10.0 Å². The Morgan fingerprint density at radius 2 is 1.69 bits per heavy atom. The van der Waals surface area contributed by atoms with Crippen molar-refractivity contribution in [3.63, 3.8) is 0 Å². The molecule has 0 N–H and O–H groups in total. The number of carbonyl (C=O) groups is 1. The van der Waals surface area contributed by atoms with Gasteiger partial charge in [-0.2, -0.15) is 4.31 Å². The van der Waals surface area contributed by atoms with E-state index in [1.54, 1.807) is 27.7 Å². The summed E-state index contributed by atoms with van der Waals surface area (Å²) in [6, 6.07) is 12.5. The lowest BCUT2D eigenvalue weighted by atomic mass is 10.1. The van der Waals surface area contributed by atoms with E-state index in [1.165, 1.54) is 16.4 Å². The minimum absolute atomic E-state index is 0.0127. The van der Waals surface area contributed by atoms with Crippen LogP contribution in [0.25, 0.3) is 0 Å². The molecular formula is C23H29Cl2NO5S. The van der Waals surface area contributed by atoms with E-state index in [4.69, 9.17) is 32.7 Å². The molecule has 2 aromatic rings. The number of hydrogen-bond acceptors (Lipinski definition) is 5. The standard InChI is InChI=1S/C23H29Cl2NO5S/c1-17-19(24)10-11-20(22(17)25)32(28,29)26(13-12-18-8-6-5-7-9-18)14-15-30-16-21(27)31-23(2,3)4/h5-11H,12-16H2,1-4H3. The zero-order valence-electron chi connectivity index (χ0n) is 18.7. The lowest BCUT2D eigenvalue weighted by Gasteiger charge is -2.24. The topological polar surface area (TPSA) is 72.9 Å². The lowest BCUT2D eigenvalue weighted by molar-refractivity contribution is -0.160. The van der Waals surface area contributed by atoms with E-state index in [-0.39, 0.29) is 36.2 Å². The number of rotatable bonds is 10. The molecule has 0 aliphatic carbocycles. The van der Waals surface area contributed by atoms with Crippen molar-refractivity contribution in [2.45, 2.75) is 44.6 Å². The van der Waals surface area contributed by atoms with Crippen molar-refractivity contribution in [3.05, 3.63) is 63.6 Å². The second kappa shape index (κ2) is 11.5. The molecule has 0 saturated carbocycles. The van der Waals surface area contributed by atoms with Crippen molar-refractivity contribution >= 4 is 39.2 Å². The number of sulfonamides is 1. The molecule has 9 heteroatoms. The van der Waals surface area contributed by atoms with Crippen molar-refractivity contribution < 1.29 is 22.7 Å². The van der Waals surface area contributed by atoms with Crippen LogP contribution in [0.5, 0.6) is 0 Å². The first-order chi connectivity index (χ1) is 14.9. The first kappa shape index (κ1) is 26.6. The number of halogens is 2. The second-order valence-electron chi connectivity index (χ2n) is 8.26. The van der Waals surface area contributed by atoms with Gasteiger partial charge in [-0.3, -0.25) is 0 Å². The van der Waals surface area contributed by atoms with Crippen LogP contribution in [0.2, 0.25) is 10.0 Å². The number of benzene rings is 2. The van der Waals surface area contributed by atoms with Crippen LogP contribution in [0.15, 0.2) is 47.4 Å². The van der Waals surface area contributed by atoms with E-state index < -0.39 is 21.6 Å². The monoisotopic (exact) mass is 501 g/mol. The molecule has 0 unspecified atom stereocenters. The summed E-state index contributed by atoms with van der Waals surface area (Å²) in [5, 5.41) is 0.488. The van der Waals surface area contributed by atoms with Gasteiger partial charge >= 0.3 is 5.97 Å². The number of ether oxygens (including phenoxy) is 2. The van der Waals surface area contributed by atoms with E-state index in [0.29, 0.717) is 17.0 Å². The van der Waals surface area contributed by atoms with Gasteiger partial charge in [-0.05, 0) is 57.4 Å². The third-order valence-electron chi connectivity index (χ3n) is 4.52. The van der Waals surface area contributed by atoms with Crippen molar-refractivity contribution in [3.8, 4) is 0 Å². The van der Waals surface area contributed by atoms with Gasteiger partial charge in [-0.1, -0.05) is 53.5 Å². The Labute approximate surface area is 200 Å². The summed E-state index contributed by atoms with van der Waals surface area (Å²) >= 11 is 12.4. The van der Waals surface area contributed by atoms with Crippen LogP contribution in [-0.2, 0) is 30.7 Å². The van der Waals surface area contributed by atoms with E-state index in [1.807, 2.05) is 30.3 Å². The molecular weight excluding hydrogens is 473 g/mol. The van der Waals surface area contributed by atoms with Crippen LogP contribution in [0.3, 0.4) is 0 Å². The number of nitrogens with zero attached hydrogens (tertiary/aromatic N) is 1. The molecule has 32 heavy (non-hydrogen) atoms. The van der Waals surface area contributed by atoms with Crippen LogP contribution < -0.4 is 0 Å². The van der Waals surface area contributed by atoms with Gasteiger partial charge in [-0.25, -0.2) is 13.2 Å². The largest absolute Gasteiger partial charge is 0.458 e. The maximum Gasteiger partial charge on any atom is 0.332 e. The molecule has 0 fully saturated rings. The average molecular weight is 502 g/mol. The quantitative estimate of drug-likeness (QED) is 0.342. The van der Waals surface area contributed by atoms with E-state index in [2.05, 4.69) is 0 Å². The number of esters is 1. The van der Waals surface area contributed by atoms with Crippen molar-refractivity contribution in [2.24, 2.45) is 0 Å². The maximum atomic E-state index is 13.4. The Morgan fingerprint density at radius 1 is 1.03 bits per heavy atom. The fraction of sp³-hybridized carbons (Fsp3) is 0.435. The van der Waals surface area contributed by atoms with Gasteiger partial charge in [0.05, 0.1) is 11.6 Å². The molecule has 0 saturated heterocycles. The highest BCUT2D eigenvalue weighted by atomic mass is 35.5. The Kier molecular flexibility index (Phi) is 9.54. The Balaban J connectivity index is 2.15. The molecule has 0 radical (unpaired) electrons. The zero-order valence-corrected chi connectivity index (χ0v) is 21.1. The lowest BCUT2D eigenvalue weighted by Crippen LogP contribution is -2.36. The highest BCUT2D eigenvalue weighted by Crippen LogP contribution is 2.32. The molecule has 0 spiro atoms. The second-order valence-corrected chi connectivity index (χ2v) is 11.0. The van der Waals surface area contributed by atoms with Crippen LogP contribution in [0, 0.1) is 6.92 Å². The maximum absolute atomic E-state index is 13.4. The van der Waals surface area contributed by atoms with E-state index in [9.17, 15) is 13.2 Å². The minimum atomic E-state index is -3.92. The molecule has 0 atom stereocenters. The molecule has 0 aliphatic heterocycles. The normalized spacial score (nSPS) is 12.2. The molecule has 0 aliphatic rings. The highest BCUT2D eigenvalue weighted by Gasteiger charge is 2.28. The first-order valence-corrected chi connectivity index (χ1v) is 12.4. The van der Waals surface area contributed by atoms with Gasteiger partial charge in [0.25, 0.3) is 0 Å². The van der Waals surface area contributed by atoms with Crippen LogP contribution in [-0.4, -0.2) is 50.6 Å². The predicted octanol–water partition coefficient (Wildman–Crippen LogP) is 4.89.